The van der Waals surface area contributed by atoms with Crippen LogP contribution in [-0.2, 0) is 46.4 Å². The molecule has 4 atom stereocenters. The highest BCUT2D eigenvalue weighted by Crippen LogP contribution is 2.33. The molecule has 0 saturated carbocycles. The number of primary amides is 3. The van der Waals surface area contributed by atoms with Gasteiger partial charge >= 0.3 is 0 Å². The van der Waals surface area contributed by atoms with E-state index in [2.05, 4.69) is 16.0 Å². The normalized spacial score (nSPS) is 14.0. The first-order chi connectivity index (χ1) is 22.8. The van der Waals surface area contributed by atoms with Gasteiger partial charge < -0.3 is 33.2 Å². The molecule has 0 aromatic heterocycles. The van der Waals surface area contributed by atoms with Gasteiger partial charge in [-0.2, -0.15) is 0 Å². The molecule has 0 bridgehead atoms. The number of hydrogen-bond donors (Lipinski definition) is 6. The third-order valence-corrected chi connectivity index (χ3v) is 8.37. The van der Waals surface area contributed by atoms with Gasteiger partial charge in [-0.05, 0) is 34.2 Å². The number of nitrogens with two attached hydrogens (primary N) is 3. The van der Waals surface area contributed by atoms with E-state index in [9.17, 15) is 33.6 Å². The first-order valence-electron chi connectivity index (χ1n) is 15.6. The second-order valence-corrected chi connectivity index (χ2v) is 11.8. The van der Waals surface area contributed by atoms with Crippen molar-refractivity contribution in [2.24, 2.45) is 29.0 Å². The molecule has 13 heteroatoms. The summed E-state index contributed by atoms with van der Waals surface area (Å²) >= 11 is 0. The molecule has 9 N–H and O–H groups in total. The largest absolute Gasteiger partial charge is 0.370 e. The predicted octanol–water partition coefficient (Wildman–Crippen LogP) is 0.549. The summed E-state index contributed by atoms with van der Waals surface area (Å²) in [6.45, 7) is 2.60. The van der Waals surface area contributed by atoms with Crippen molar-refractivity contribution in [3.05, 3.63) is 83.9 Å². The van der Waals surface area contributed by atoms with Crippen LogP contribution in [0.5, 0.6) is 0 Å². The maximum absolute atomic E-state index is 13.8. The van der Waals surface area contributed by atoms with Gasteiger partial charge in [0, 0.05) is 12.8 Å². The van der Waals surface area contributed by atoms with Gasteiger partial charge in [0.2, 0.25) is 35.3 Å². The Bertz CT molecular complexity index is 1680. The van der Waals surface area contributed by atoms with Gasteiger partial charge in [0.1, 0.15) is 11.6 Å². The maximum atomic E-state index is 13.8. The zero-order valence-corrected chi connectivity index (χ0v) is 27.0. The highest BCUT2D eigenvalue weighted by Gasteiger charge is 2.52. The maximum Gasteiger partial charge on any atom is 0.288 e. The number of nitrogens with one attached hydrogen (secondary N) is 3. The summed E-state index contributed by atoms with van der Waals surface area (Å²) in [4.78, 5) is 90.2. The molecule has 4 unspecified atom stereocenters. The van der Waals surface area contributed by atoms with Crippen LogP contribution in [0.3, 0.4) is 0 Å². The summed E-state index contributed by atoms with van der Waals surface area (Å²) in [5, 5.41) is 9.21. The summed E-state index contributed by atoms with van der Waals surface area (Å²) in [7, 11) is 0. The minimum Gasteiger partial charge on any atom is -0.370 e. The first kappa shape index (κ1) is 36.9. The molecule has 48 heavy (non-hydrogen) atoms. The van der Waals surface area contributed by atoms with E-state index >= 15 is 0 Å². The van der Waals surface area contributed by atoms with E-state index in [0.29, 0.717) is 5.56 Å². The molecular weight excluding hydrogens is 616 g/mol. The average Bonchev–Trinajstić information content (AvgIpc) is 3.05. The molecule has 0 radical (unpaired) electrons. The fourth-order valence-electron chi connectivity index (χ4n) is 5.69. The highest BCUT2D eigenvalue weighted by atomic mass is 16.2. The van der Waals surface area contributed by atoms with Crippen LogP contribution in [0.25, 0.3) is 10.8 Å². The lowest BCUT2D eigenvalue weighted by Gasteiger charge is -2.40. The van der Waals surface area contributed by atoms with Crippen LogP contribution in [-0.4, -0.2) is 59.4 Å². The minimum atomic E-state index is -2.16. The molecule has 0 heterocycles. The second-order valence-electron chi connectivity index (χ2n) is 11.8. The van der Waals surface area contributed by atoms with E-state index in [-0.39, 0.29) is 19.3 Å². The van der Waals surface area contributed by atoms with Crippen molar-refractivity contribution in [1.82, 2.24) is 16.0 Å². The number of amides is 6. The van der Waals surface area contributed by atoms with Crippen molar-refractivity contribution in [2.45, 2.75) is 57.5 Å². The molecule has 13 nitrogen and oxygen atoms in total. The summed E-state index contributed by atoms with van der Waals surface area (Å²) < 4.78 is 0. The van der Waals surface area contributed by atoms with Crippen molar-refractivity contribution < 1.29 is 33.6 Å². The monoisotopic (exact) mass is 658 g/mol. The van der Waals surface area contributed by atoms with E-state index in [0.717, 1.165) is 16.3 Å². The smallest absolute Gasteiger partial charge is 0.288 e. The fraction of sp³-hybridized carbons (Fsp3) is 0.343. The molecule has 3 aromatic carbocycles. The molecule has 254 valence electrons. The topological polar surface area (TPSA) is 234 Å². The van der Waals surface area contributed by atoms with Gasteiger partial charge in [-0.15, -0.1) is 0 Å². The van der Waals surface area contributed by atoms with Crippen LogP contribution >= 0.6 is 0 Å². The van der Waals surface area contributed by atoms with Crippen molar-refractivity contribution >= 4 is 52.0 Å². The molecule has 3 rings (SSSR count). The Hall–Kier alpha value is -5.59. The van der Waals surface area contributed by atoms with Crippen LogP contribution in [0.4, 0.5) is 0 Å². The lowest BCUT2D eigenvalue weighted by atomic mass is 9.69. The Morgan fingerprint density at radius 1 is 0.792 bits per heavy atom. The number of ketones is 1. The number of Topliss-reactive ketones (excluding diaryl/α,β-unsaturated/α-hetero) is 1. The molecular formula is C35H42N6O7. The summed E-state index contributed by atoms with van der Waals surface area (Å²) in [6, 6.07) is 20.6. The summed E-state index contributed by atoms with van der Waals surface area (Å²) in [6.07, 6.45) is -0.690. The number of carbonyl (C=O) groups is 7. The van der Waals surface area contributed by atoms with Crippen LogP contribution < -0.4 is 33.2 Å². The van der Waals surface area contributed by atoms with Crippen molar-refractivity contribution in [3.63, 3.8) is 0 Å². The molecule has 0 aliphatic rings. The van der Waals surface area contributed by atoms with Crippen LogP contribution in [0.15, 0.2) is 72.8 Å². The van der Waals surface area contributed by atoms with Gasteiger partial charge in [-0.1, -0.05) is 93.1 Å². The molecule has 6 amide bonds. The quantitative estimate of drug-likeness (QED) is 0.106. The summed E-state index contributed by atoms with van der Waals surface area (Å²) in [5.41, 5.74) is 15.9. The van der Waals surface area contributed by atoms with E-state index in [1.807, 2.05) is 42.5 Å². The first-order valence-corrected chi connectivity index (χ1v) is 15.6. The molecule has 3 aromatic rings. The van der Waals surface area contributed by atoms with E-state index in [4.69, 9.17) is 17.2 Å². The number of fused-ring (bicyclic) bond motifs is 1. The van der Waals surface area contributed by atoms with Crippen LogP contribution in [0, 0.1) is 11.8 Å². The van der Waals surface area contributed by atoms with Gasteiger partial charge in [-0.3, -0.25) is 33.6 Å². The lowest BCUT2D eigenvalue weighted by molar-refractivity contribution is -0.148. The van der Waals surface area contributed by atoms with Crippen LogP contribution in [0.1, 0.15) is 44.2 Å². The Morgan fingerprint density at radius 2 is 1.44 bits per heavy atom. The second kappa shape index (κ2) is 16.8. The standard InChI is InChI=1S/C35H42N6O7/c1-3-21(2)30(35(34(38)48,16-15-27(36)42)41-28(43)19-22-9-5-4-6-10-22)31(45)33(47)39-20-29(44)40-26(32(37)46)18-23-13-14-24-11-7-8-12-25(24)17-23/h4-14,17,21,26,30H,3,15-16,18-20H2,1-2H3,(H2,36,42)(H2,37,46)(H2,38,48)(H,39,47)(H,40,44)(H,41,43). The Labute approximate surface area is 278 Å². The summed E-state index contributed by atoms with van der Waals surface area (Å²) in [5.74, 6) is -8.81. The third kappa shape index (κ3) is 9.71. The lowest BCUT2D eigenvalue weighted by Crippen LogP contribution is -2.66. The third-order valence-electron chi connectivity index (χ3n) is 8.37. The van der Waals surface area contributed by atoms with Crippen molar-refractivity contribution in [1.29, 1.82) is 0 Å². The van der Waals surface area contributed by atoms with Gasteiger partial charge in [0.25, 0.3) is 5.91 Å². The van der Waals surface area contributed by atoms with E-state index < -0.39 is 84.0 Å². The Morgan fingerprint density at radius 3 is 2.04 bits per heavy atom. The molecule has 0 fully saturated rings. The predicted molar refractivity (Wildman–Crippen MR) is 178 cm³/mol. The minimum absolute atomic E-state index is 0.0819. The fourth-order valence-corrected chi connectivity index (χ4v) is 5.69. The van der Waals surface area contributed by atoms with Gasteiger partial charge in [0.15, 0.2) is 0 Å². The number of carbonyl (C=O) groups excluding carboxylic acids is 7. The molecule has 0 saturated heterocycles. The Kier molecular flexibility index (Phi) is 12.9. The van der Waals surface area contributed by atoms with E-state index in [1.165, 1.54) is 0 Å². The average molecular weight is 659 g/mol. The highest BCUT2D eigenvalue weighted by molar-refractivity contribution is 6.38. The molecule has 0 aliphatic heterocycles. The van der Waals surface area contributed by atoms with Crippen LogP contribution in [0.2, 0.25) is 0 Å². The van der Waals surface area contributed by atoms with E-state index in [1.54, 1.807) is 44.2 Å². The number of rotatable bonds is 18. The van der Waals surface area contributed by atoms with Crippen molar-refractivity contribution in [3.8, 4) is 0 Å². The zero-order chi connectivity index (χ0) is 35.4. The van der Waals surface area contributed by atoms with Crippen molar-refractivity contribution in [2.75, 3.05) is 6.54 Å². The van der Waals surface area contributed by atoms with Gasteiger partial charge in [0.05, 0.1) is 18.9 Å². The molecule has 0 aliphatic carbocycles. The zero-order valence-electron chi connectivity index (χ0n) is 27.0. The Balaban J connectivity index is 1.78. The molecule has 0 spiro atoms. The number of benzene rings is 3. The number of hydrogen-bond acceptors (Lipinski definition) is 7. The van der Waals surface area contributed by atoms with Gasteiger partial charge in [-0.25, -0.2) is 0 Å². The SMILES string of the molecule is CCC(C)C(C(=O)C(=O)NCC(=O)NC(Cc1ccc2ccccc2c1)C(N)=O)C(CCC(N)=O)(NC(=O)Cc1ccccc1)C(N)=O.